The number of methoxy groups -OCH3 is 1. The number of hydrogen-bond acceptors (Lipinski definition) is 5. The summed E-state index contributed by atoms with van der Waals surface area (Å²) in [6.45, 7) is 3.94. The molecule has 8 heteroatoms. The van der Waals surface area contributed by atoms with Crippen LogP contribution in [0.2, 0.25) is 0 Å². The molecule has 2 atom stereocenters. The van der Waals surface area contributed by atoms with E-state index in [0.717, 1.165) is 55.0 Å². The number of likely N-dealkylation sites (tertiary alicyclic amines) is 1. The molecule has 2 heterocycles. The fraction of sp³-hybridized carbons (Fsp3) is 0.625. The highest BCUT2D eigenvalue weighted by atomic mass is 16.5. The third kappa shape index (κ3) is 4.20. The van der Waals surface area contributed by atoms with Gasteiger partial charge in [0.1, 0.15) is 17.3 Å². The normalized spacial score (nSPS) is 22.6. The van der Waals surface area contributed by atoms with Crippen LogP contribution in [0.4, 0.5) is 4.79 Å². The molecular formula is C24H34N4O4. The molecule has 0 aromatic heterocycles. The second kappa shape index (κ2) is 9.48. The van der Waals surface area contributed by atoms with E-state index in [0.29, 0.717) is 19.4 Å². The molecule has 8 nitrogen and oxygen atoms in total. The molecule has 1 aliphatic carbocycles. The Labute approximate surface area is 189 Å². The van der Waals surface area contributed by atoms with E-state index in [1.165, 1.54) is 6.42 Å². The topological polar surface area (TPSA) is 91.0 Å². The molecule has 3 aliphatic rings. The molecule has 0 radical (unpaired) electrons. The maximum Gasteiger partial charge on any atom is 0.325 e. The molecule has 4 amide bonds. The molecule has 1 aromatic rings. The third-order valence-electron chi connectivity index (χ3n) is 7.22. The van der Waals surface area contributed by atoms with E-state index in [4.69, 9.17) is 4.74 Å². The molecule has 2 aliphatic heterocycles. The van der Waals surface area contributed by atoms with Gasteiger partial charge in [-0.3, -0.25) is 14.5 Å². The van der Waals surface area contributed by atoms with Gasteiger partial charge in [0.05, 0.1) is 13.2 Å². The largest absolute Gasteiger partial charge is 0.496 e. The number of piperidine rings is 1. The summed E-state index contributed by atoms with van der Waals surface area (Å²) in [7, 11) is 1.66. The van der Waals surface area contributed by atoms with Gasteiger partial charge in [-0.25, -0.2) is 9.69 Å². The van der Waals surface area contributed by atoms with Crippen LogP contribution in [0.15, 0.2) is 24.3 Å². The van der Waals surface area contributed by atoms with Crippen LogP contribution in [-0.4, -0.2) is 66.0 Å². The maximum atomic E-state index is 13.1. The molecule has 0 bridgehead atoms. The summed E-state index contributed by atoms with van der Waals surface area (Å²) >= 11 is 0. The number of nitrogens with zero attached hydrogens (tertiary/aromatic N) is 2. The zero-order valence-electron chi connectivity index (χ0n) is 19.1. The minimum Gasteiger partial charge on any atom is -0.496 e. The van der Waals surface area contributed by atoms with E-state index in [9.17, 15) is 14.4 Å². The van der Waals surface area contributed by atoms with E-state index in [1.54, 1.807) is 14.0 Å². The van der Waals surface area contributed by atoms with Crippen molar-refractivity contribution in [3.63, 3.8) is 0 Å². The highest BCUT2D eigenvalue weighted by molar-refractivity contribution is 6.09. The van der Waals surface area contributed by atoms with Crippen LogP contribution < -0.4 is 15.4 Å². The number of carbonyl (C=O) groups excluding carboxylic acids is 3. The number of urea groups is 1. The molecule has 1 spiro atoms. The first-order chi connectivity index (χ1) is 15.5. The number of benzene rings is 1. The van der Waals surface area contributed by atoms with Gasteiger partial charge in [0.25, 0.3) is 5.91 Å². The number of amides is 4. The Balaban J connectivity index is 1.47. The van der Waals surface area contributed by atoms with Crippen LogP contribution in [-0.2, 0) is 9.59 Å². The van der Waals surface area contributed by atoms with Crippen molar-refractivity contribution in [3.8, 4) is 5.75 Å². The Hall–Kier alpha value is -2.61. The van der Waals surface area contributed by atoms with Crippen LogP contribution in [0.3, 0.4) is 0 Å². The van der Waals surface area contributed by atoms with Crippen molar-refractivity contribution in [2.24, 2.45) is 0 Å². The predicted octanol–water partition coefficient (Wildman–Crippen LogP) is 2.59. The summed E-state index contributed by atoms with van der Waals surface area (Å²) in [6, 6.07) is 6.53. The molecule has 3 fully saturated rings. The van der Waals surface area contributed by atoms with Crippen molar-refractivity contribution >= 4 is 17.8 Å². The molecule has 1 saturated carbocycles. The zero-order valence-corrected chi connectivity index (χ0v) is 19.1. The molecule has 2 saturated heterocycles. The van der Waals surface area contributed by atoms with Gasteiger partial charge in [-0.05, 0) is 51.8 Å². The Morgan fingerprint density at radius 3 is 2.50 bits per heavy atom. The molecule has 1 aromatic carbocycles. The molecule has 4 rings (SSSR count). The zero-order chi connectivity index (χ0) is 22.7. The van der Waals surface area contributed by atoms with Crippen LogP contribution >= 0.6 is 0 Å². The maximum absolute atomic E-state index is 13.1. The quantitative estimate of drug-likeness (QED) is 0.634. The summed E-state index contributed by atoms with van der Waals surface area (Å²) < 4.78 is 5.59. The predicted molar refractivity (Wildman–Crippen MR) is 120 cm³/mol. The minimum absolute atomic E-state index is 0.0353. The van der Waals surface area contributed by atoms with E-state index in [1.807, 2.05) is 24.3 Å². The first-order valence-corrected chi connectivity index (χ1v) is 11.8. The van der Waals surface area contributed by atoms with E-state index in [2.05, 4.69) is 15.5 Å². The van der Waals surface area contributed by atoms with Gasteiger partial charge in [0, 0.05) is 12.1 Å². The number of ether oxygens (including phenoxy) is 1. The number of rotatable bonds is 7. The Bertz CT molecular complexity index is 861. The van der Waals surface area contributed by atoms with Crippen molar-refractivity contribution in [2.45, 2.75) is 69.5 Å². The molecule has 2 unspecified atom stereocenters. The van der Waals surface area contributed by atoms with Gasteiger partial charge in [0.2, 0.25) is 5.91 Å². The van der Waals surface area contributed by atoms with Crippen molar-refractivity contribution in [3.05, 3.63) is 29.8 Å². The molecule has 174 valence electrons. The molecule has 32 heavy (non-hydrogen) atoms. The second-order valence-electron chi connectivity index (χ2n) is 9.17. The monoisotopic (exact) mass is 442 g/mol. The van der Waals surface area contributed by atoms with Crippen molar-refractivity contribution in [1.82, 2.24) is 20.4 Å². The van der Waals surface area contributed by atoms with Crippen molar-refractivity contribution < 1.29 is 19.1 Å². The lowest BCUT2D eigenvalue weighted by Gasteiger charge is -2.36. The second-order valence-corrected chi connectivity index (χ2v) is 9.17. The number of nitrogens with one attached hydrogen (secondary N) is 2. The van der Waals surface area contributed by atoms with Gasteiger partial charge < -0.3 is 15.4 Å². The van der Waals surface area contributed by atoms with Crippen LogP contribution in [0.5, 0.6) is 5.75 Å². The Morgan fingerprint density at radius 1 is 1.12 bits per heavy atom. The molecular weight excluding hydrogens is 408 g/mol. The van der Waals surface area contributed by atoms with E-state index < -0.39 is 17.6 Å². The Morgan fingerprint density at radius 2 is 1.81 bits per heavy atom. The van der Waals surface area contributed by atoms with Gasteiger partial charge in [0.15, 0.2) is 0 Å². The average molecular weight is 443 g/mol. The number of carbonyl (C=O) groups is 3. The van der Waals surface area contributed by atoms with Crippen LogP contribution in [0.25, 0.3) is 0 Å². The summed E-state index contributed by atoms with van der Waals surface area (Å²) in [6.07, 6.45) is 6.59. The lowest BCUT2D eigenvalue weighted by molar-refractivity contribution is -0.137. The Kier molecular flexibility index (Phi) is 6.69. The van der Waals surface area contributed by atoms with Gasteiger partial charge in [-0.1, -0.05) is 37.5 Å². The van der Waals surface area contributed by atoms with E-state index in [-0.39, 0.29) is 17.9 Å². The highest BCUT2D eigenvalue weighted by Gasteiger charge is 2.54. The first kappa shape index (κ1) is 22.6. The van der Waals surface area contributed by atoms with Gasteiger partial charge in [-0.15, -0.1) is 0 Å². The van der Waals surface area contributed by atoms with Gasteiger partial charge >= 0.3 is 6.03 Å². The van der Waals surface area contributed by atoms with Crippen LogP contribution in [0, 0.1) is 0 Å². The lowest BCUT2D eigenvalue weighted by Crippen LogP contribution is -2.51. The lowest BCUT2D eigenvalue weighted by atomic mass is 9.97. The summed E-state index contributed by atoms with van der Waals surface area (Å²) in [5.74, 6) is 0.211. The minimum atomic E-state index is -0.859. The van der Waals surface area contributed by atoms with Crippen molar-refractivity contribution in [2.75, 3.05) is 26.7 Å². The fourth-order valence-corrected chi connectivity index (χ4v) is 5.38. The fourth-order valence-electron chi connectivity index (χ4n) is 5.38. The van der Waals surface area contributed by atoms with Crippen molar-refractivity contribution in [1.29, 1.82) is 0 Å². The highest BCUT2D eigenvalue weighted by Crippen LogP contribution is 2.36. The summed E-state index contributed by atoms with van der Waals surface area (Å²) in [5.41, 5.74) is 0.226. The first-order valence-electron chi connectivity index (χ1n) is 11.8. The SMILES string of the molecule is COc1ccccc1C(CNC(=O)C(C)N1C(=O)NC2(CCCC2)C1=O)N1CCCCC1. The number of para-hydroxylation sites is 1. The standard InChI is InChI=1S/C24H34N4O4/c1-17(28-22(30)24(26-23(28)31)12-6-7-13-24)21(29)25-16-19(27-14-8-3-9-15-27)18-10-4-5-11-20(18)32-2/h4-5,10-11,17,19H,3,6-9,12-16H2,1-2H3,(H,25,29)(H,26,31). The number of hydrogen-bond donors (Lipinski definition) is 2. The van der Waals surface area contributed by atoms with Gasteiger partial charge in [-0.2, -0.15) is 0 Å². The average Bonchev–Trinajstić information content (AvgIpc) is 3.38. The summed E-state index contributed by atoms with van der Waals surface area (Å²) in [4.78, 5) is 42.1. The smallest absolute Gasteiger partial charge is 0.325 e. The third-order valence-corrected chi connectivity index (χ3v) is 7.22. The molecule has 2 N–H and O–H groups in total. The van der Waals surface area contributed by atoms with Crippen LogP contribution in [0.1, 0.15) is 63.5 Å². The summed E-state index contributed by atoms with van der Waals surface area (Å²) in [5, 5.41) is 5.87. The van der Waals surface area contributed by atoms with E-state index >= 15 is 0 Å². The number of imide groups is 1.